The quantitative estimate of drug-likeness (QED) is 0.839. The first-order chi connectivity index (χ1) is 14.3. The zero-order valence-corrected chi connectivity index (χ0v) is 18.1. The smallest absolute Gasteiger partial charge is 0.414 e. The van der Waals surface area contributed by atoms with E-state index < -0.39 is 6.09 Å². The van der Waals surface area contributed by atoms with Gasteiger partial charge in [-0.25, -0.2) is 4.79 Å². The van der Waals surface area contributed by atoms with Gasteiger partial charge >= 0.3 is 6.09 Å². The Morgan fingerprint density at radius 2 is 1.97 bits per heavy atom. The molecule has 0 radical (unpaired) electrons. The van der Waals surface area contributed by atoms with E-state index in [1.807, 2.05) is 56.0 Å². The molecule has 30 heavy (non-hydrogen) atoms. The fourth-order valence-electron chi connectivity index (χ4n) is 4.17. The van der Waals surface area contributed by atoms with Gasteiger partial charge in [-0.3, -0.25) is 14.4 Å². The van der Waals surface area contributed by atoms with Gasteiger partial charge in [0, 0.05) is 37.8 Å². The van der Waals surface area contributed by atoms with Gasteiger partial charge in [0.1, 0.15) is 0 Å². The van der Waals surface area contributed by atoms with Gasteiger partial charge in [0.25, 0.3) is 0 Å². The maximum atomic E-state index is 12.8. The summed E-state index contributed by atoms with van der Waals surface area (Å²) in [5.41, 5.74) is 3.32. The number of nitrogens with one attached hydrogen (secondary N) is 1. The number of nitrogens with zero attached hydrogens (tertiary/aromatic N) is 4. The van der Waals surface area contributed by atoms with Crippen LogP contribution < -0.4 is 15.1 Å². The highest BCUT2D eigenvalue weighted by molar-refractivity contribution is 6.03. The summed E-state index contributed by atoms with van der Waals surface area (Å²) >= 11 is 0. The topological polar surface area (TPSA) is 79.7 Å². The Morgan fingerprint density at radius 1 is 1.20 bits per heavy atom. The van der Waals surface area contributed by atoms with Crippen molar-refractivity contribution in [1.29, 1.82) is 0 Å². The van der Waals surface area contributed by atoms with Gasteiger partial charge in [0.15, 0.2) is 0 Å². The molecule has 4 rings (SSSR count). The van der Waals surface area contributed by atoms with E-state index in [2.05, 4.69) is 17.3 Å². The largest absolute Gasteiger partial charge is 0.446 e. The normalized spacial score (nSPS) is 23.2. The second kappa shape index (κ2) is 7.75. The average Bonchev–Trinajstić information content (AvgIpc) is 3.14. The second-order valence-corrected chi connectivity index (χ2v) is 8.46. The molecule has 0 spiro atoms. The van der Waals surface area contributed by atoms with Gasteiger partial charge in [-0.2, -0.15) is 5.10 Å². The minimum absolute atomic E-state index is 0.0485. The molecule has 0 aliphatic carbocycles. The molecule has 8 heteroatoms. The minimum atomic E-state index is -0.400. The van der Waals surface area contributed by atoms with E-state index in [9.17, 15) is 9.59 Å². The summed E-state index contributed by atoms with van der Waals surface area (Å²) in [6.07, 6.45) is 3.26. The average molecular weight is 412 g/mol. The van der Waals surface area contributed by atoms with Crippen LogP contribution in [0.1, 0.15) is 40.7 Å². The molecule has 1 aromatic carbocycles. The fourth-order valence-corrected chi connectivity index (χ4v) is 4.17. The molecule has 2 aliphatic rings. The Hall–Kier alpha value is -2.87. The number of aromatic nitrogens is 2. The highest BCUT2D eigenvalue weighted by Crippen LogP contribution is 2.39. The van der Waals surface area contributed by atoms with Crippen molar-refractivity contribution in [3.05, 3.63) is 30.6 Å². The summed E-state index contributed by atoms with van der Waals surface area (Å²) in [6.45, 7) is 10.6. The molecule has 2 aliphatic heterocycles. The Labute approximate surface area is 176 Å². The second-order valence-electron chi connectivity index (χ2n) is 8.46. The maximum absolute atomic E-state index is 12.8. The van der Waals surface area contributed by atoms with Gasteiger partial charge in [-0.1, -0.05) is 6.07 Å². The minimum Gasteiger partial charge on any atom is -0.446 e. The molecule has 1 fully saturated rings. The molecule has 3 unspecified atom stereocenters. The van der Waals surface area contributed by atoms with Crippen LogP contribution in [0.25, 0.3) is 11.1 Å². The number of carbonyl (C=O) groups is 2. The van der Waals surface area contributed by atoms with Crippen LogP contribution in [0.15, 0.2) is 30.6 Å². The van der Waals surface area contributed by atoms with E-state index in [1.54, 1.807) is 16.7 Å². The van der Waals surface area contributed by atoms with Crippen LogP contribution in [0, 0.1) is 0 Å². The molecule has 8 nitrogen and oxygen atoms in total. The van der Waals surface area contributed by atoms with E-state index >= 15 is 0 Å². The van der Waals surface area contributed by atoms with Gasteiger partial charge in [-0.05, 0) is 45.4 Å². The molecular weight excluding hydrogens is 382 g/mol. The molecular formula is C22H29N5O3. The van der Waals surface area contributed by atoms with E-state index in [0.717, 1.165) is 23.4 Å². The monoisotopic (exact) mass is 411 g/mol. The molecule has 3 atom stereocenters. The lowest BCUT2D eigenvalue weighted by molar-refractivity contribution is -0.117. The third-order valence-corrected chi connectivity index (χ3v) is 5.81. The predicted octanol–water partition coefficient (Wildman–Crippen LogP) is 3.19. The zero-order valence-electron chi connectivity index (χ0n) is 18.1. The maximum Gasteiger partial charge on any atom is 0.414 e. The SMILES string of the molecule is CC(=O)N1c2ccc(-c3cnn(C4CNC4C)c3)cc2N(C(=O)OC(C)C)CC1C. The molecule has 0 saturated carbocycles. The van der Waals surface area contributed by atoms with E-state index in [-0.39, 0.29) is 18.1 Å². The number of carbonyl (C=O) groups excluding carboxylic acids is 2. The summed E-state index contributed by atoms with van der Waals surface area (Å²) in [7, 11) is 0. The van der Waals surface area contributed by atoms with Gasteiger partial charge in [0.05, 0.1) is 35.8 Å². The summed E-state index contributed by atoms with van der Waals surface area (Å²) < 4.78 is 7.46. The Bertz CT molecular complexity index is 969. The van der Waals surface area contributed by atoms with Crippen molar-refractivity contribution in [3.8, 4) is 11.1 Å². The van der Waals surface area contributed by atoms with Crippen molar-refractivity contribution < 1.29 is 14.3 Å². The van der Waals surface area contributed by atoms with Crippen molar-refractivity contribution in [1.82, 2.24) is 15.1 Å². The van der Waals surface area contributed by atoms with Crippen LogP contribution in [0.4, 0.5) is 16.2 Å². The lowest BCUT2D eigenvalue weighted by Gasteiger charge is -2.40. The number of benzene rings is 1. The number of amides is 2. The molecule has 1 aromatic heterocycles. The molecule has 2 amide bonds. The number of anilines is 2. The molecule has 1 saturated heterocycles. The fraction of sp³-hybridized carbons (Fsp3) is 0.500. The lowest BCUT2D eigenvalue weighted by Crippen LogP contribution is -2.51. The van der Waals surface area contributed by atoms with Crippen molar-refractivity contribution in [2.75, 3.05) is 22.9 Å². The number of fused-ring (bicyclic) bond motifs is 1. The van der Waals surface area contributed by atoms with Crippen molar-refractivity contribution in [2.45, 2.75) is 58.8 Å². The van der Waals surface area contributed by atoms with Crippen LogP contribution in [0.5, 0.6) is 0 Å². The Balaban J connectivity index is 1.72. The summed E-state index contributed by atoms with van der Waals surface area (Å²) in [5.74, 6) is -0.0485. The summed E-state index contributed by atoms with van der Waals surface area (Å²) in [6, 6.07) is 6.43. The van der Waals surface area contributed by atoms with Crippen LogP contribution in [-0.4, -0.2) is 53.1 Å². The third kappa shape index (κ3) is 3.56. The summed E-state index contributed by atoms with van der Waals surface area (Å²) in [5, 5.41) is 7.88. The summed E-state index contributed by atoms with van der Waals surface area (Å²) in [4.78, 5) is 28.5. The molecule has 160 valence electrons. The molecule has 1 N–H and O–H groups in total. The van der Waals surface area contributed by atoms with E-state index in [4.69, 9.17) is 4.74 Å². The van der Waals surface area contributed by atoms with Crippen molar-refractivity contribution >= 4 is 23.4 Å². The first-order valence-electron chi connectivity index (χ1n) is 10.5. The number of ether oxygens (including phenoxy) is 1. The third-order valence-electron chi connectivity index (χ3n) is 5.81. The molecule has 2 aromatic rings. The van der Waals surface area contributed by atoms with Gasteiger partial charge < -0.3 is 15.0 Å². The van der Waals surface area contributed by atoms with Crippen LogP contribution in [0.2, 0.25) is 0 Å². The highest BCUT2D eigenvalue weighted by Gasteiger charge is 2.35. The first-order valence-corrected chi connectivity index (χ1v) is 10.5. The van der Waals surface area contributed by atoms with Crippen molar-refractivity contribution in [2.24, 2.45) is 0 Å². The Kier molecular flexibility index (Phi) is 5.27. The molecule has 0 bridgehead atoms. The highest BCUT2D eigenvalue weighted by atomic mass is 16.6. The Morgan fingerprint density at radius 3 is 2.57 bits per heavy atom. The first kappa shape index (κ1) is 20.4. The number of hydrogen-bond acceptors (Lipinski definition) is 5. The number of rotatable bonds is 3. The van der Waals surface area contributed by atoms with Gasteiger partial charge in [0.2, 0.25) is 5.91 Å². The van der Waals surface area contributed by atoms with E-state index in [1.165, 1.54) is 0 Å². The standard InChI is InChI=1S/C22H29N5O3/c1-13(2)30-22(29)25-11-14(3)27(16(5)28)19-7-6-17(8-20(19)25)18-9-24-26(12-18)21-10-23-15(21)4/h6-9,12-15,21,23H,10-11H2,1-5H3. The molecule has 3 heterocycles. The van der Waals surface area contributed by atoms with Gasteiger partial charge in [-0.15, -0.1) is 0 Å². The van der Waals surface area contributed by atoms with Crippen LogP contribution in [-0.2, 0) is 9.53 Å². The number of hydrogen-bond donors (Lipinski definition) is 1. The van der Waals surface area contributed by atoms with Crippen LogP contribution >= 0.6 is 0 Å². The van der Waals surface area contributed by atoms with Crippen LogP contribution in [0.3, 0.4) is 0 Å². The predicted molar refractivity (Wildman–Crippen MR) is 116 cm³/mol. The lowest BCUT2D eigenvalue weighted by atomic mass is 10.0. The zero-order chi connectivity index (χ0) is 21.6. The van der Waals surface area contributed by atoms with E-state index in [0.29, 0.717) is 24.3 Å². The van der Waals surface area contributed by atoms with Crippen molar-refractivity contribution in [3.63, 3.8) is 0 Å².